The molecule has 0 radical (unpaired) electrons. The molecule has 45 heavy (non-hydrogen) atoms. The van der Waals surface area contributed by atoms with Crippen LogP contribution in [0, 0.1) is 16.3 Å². The summed E-state index contributed by atoms with van der Waals surface area (Å²) in [6.07, 6.45) is 0. The maximum absolute atomic E-state index is 15.5. The van der Waals surface area contributed by atoms with Gasteiger partial charge in [0.15, 0.2) is 5.79 Å². The fourth-order valence-corrected chi connectivity index (χ4v) is 6.03. The molecule has 0 N–H and O–H groups in total. The van der Waals surface area contributed by atoms with Gasteiger partial charge in [-0.15, -0.1) is 0 Å². The van der Waals surface area contributed by atoms with E-state index in [4.69, 9.17) is 18.9 Å². The summed E-state index contributed by atoms with van der Waals surface area (Å²) in [6.45, 7) is 4.36. The van der Waals surface area contributed by atoms with Gasteiger partial charge >= 0.3 is 5.69 Å². The molecule has 1 aliphatic heterocycles. The van der Waals surface area contributed by atoms with Gasteiger partial charge in [0.2, 0.25) is 0 Å². The van der Waals surface area contributed by atoms with Crippen LogP contribution < -0.4 is 26.3 Å². The van der Waals surface area contributed by atoms with Crippen molar-refractivity contribution in [3.8, 4) is 22.9 Å². The molecule has 0 unspecified atom stereocenters. The van der Waals surface area contributed by atoms with E-state index in [9.17, 15) is 14.4 Å². The predicted molar refractivity (Wildman–Crippen MR) is 174 cm³/mol. The normalized spacial score (nSPS) is 14.2. The Balaban J connectivity index is 1.63. The third-order valence-corrected chi connectivity index (χ3v) is 8.62. The summed E-state index contributed by atoms with van der Waals surface area (Å²) in [4.78, 5) is 41.8. The summed E-state index contributed by atoms with van der Waals surface area (Å²) in [6, 6.07) is 17.7. The molecule has 10 nitrogen and oxygen atoms in total. The molecule has 12 heteroatoms. The monoisotopic (exact) mass is 725 g/mol. The second kappa shape index (κ2) is 11.9. The van der Waals surface area contributed by atoms with Gasteiger partial charge in [0, 0.05) is 27.8 Å². The number of hydrogen-bond donors (Lipinski definition) is 0. The Morgan fingerprint density at radius 3 is 2.36 bits per heavy atom. The minimum atomic E-state index is -0.994. The predicted octanol–water partition coefficient (Wildman–Crippen LogP) is 4.97. The zero-order valence-electron chi connectivity index (χ0n) is 24.9. The lowest BCUT2D eigenvalue weighted by Gasteiger charge is -2.26. The standard InChI is InChI=1S/C33H29FIN3O7/c1-19-23(33(2)43-14-15-44-33)6-5-7-26(19)45-27-17-28(39)36(3)30-29(27)31(40)37(18-20-8-11-22(42-4)12-9-20)32(41)38(30)25-13-10-21(35)16-24(25)34/h5-13,16-17H,14-15,18H2,1-4H3. The minimum Gasteiger partial charge on any atom is -0.497 e. The molecule has 6 rings (SSSR count). The van der Waals surface area contributed by atoms with Crippen LogP contribution in [0.3, 0.4) is 0 Å². The van der Waals surface area contributed by atoms with Crippen molar-refractivity contribution in [1.82, 2.24) is 13.7 Å². The zero-order chi connectivity index (χ0) is 32.0. The molecule has 1 aliphatic rings. The highest BCUT2D eigenvalue weighted by atomic mass is 127. The number of rotatable bonds is 7. The van der Waals surface area contributed by atoms with Crippen molar-refractivity contribution in [1.29, 1.82) is 0 Å². The first-order valence-electron chi connectivity index (χ1n) is 14.1. The van der Waals surface area contributed by atoms with Gasteiger partial charge in [-0.1, -0.05) is 24.3 Å². The minimum absolute atomic E-state index is 0.0763. The van der Waals surface area contributed by atoms with Crippen molar-refractivity contribution in [2.24, 2.45) is 7.05 Å². The lowest BCUT2D eigenvalue weighted by molar-refractivity contribution is -0.150. The maximum Gasteiger partial charge on any atom is 0.337 e. The number of nitrogens with zero attached hydrogens (tertiary/aromatic N) is 3. The van der Waals surface area contributed by atoms with Gasteiger partial charge in [-0.05, 0) is 78.4 Å². The number of pyridine rings is 1. The number of ether oxygens (including phenoxy) is 4. The highest BCUT2D eigenvalue weighted by Crippen LogP contribution is 2.38. The molecule has 3 aromatic carbocycles. The fourth-order valence-electron chi connectivity index (χ4n) is 5.58. The van der Waals surface area contributed by atoms with E-state index >= 15 is 4.39 Å². The van der Waals surface area contributed by atoms with Crippen LogP contribution in [0.1, 0.15) is 23.6 Å². The molecule has 5 aromatic rings. The van der Waals surface area contributed by atoms with Crippen molar-refractivity contribution in [2.45, 2.75) is 26.2 Å². The molecule has 0 aliphatic carbocycles. The highest BCUT2D eigenvalue weighted by Gasteiger charge is 2.35. The first-order chi connectivity index (χ1) is 21.5. The van der Waals surface area contributed by atoms with E-state index in [1.54, 1.807) is 42.5 Å². The topological polar surface area (TPSA) is 103 Å². The first-order valence-corrected chi connectivity index (χ1v) is 15.1. The van der Waals surface area contributed by atoms with Crippen LogP contribution in [-0.4, -0.2) is 34.0 Å². The zero-order valence-corrected chi connectivity index (χ0v) is 27.1. The number of aromatic nitrogens is 3. The number of fused-ring (bicyclic) bond motifs is 1. The van der Waals surface area contributed by atoms with Gasteiger partial charge in [-0.2, -0.15) is 0 Å². The summed E-state index contributed by atoms with van der Waals surface area (Å²) >= 11 is 1.97. The quantitative estimate of drug-likeness (QED) is 0.219. The van der Waals surface area contributed by atoms with Crippen molar-refractivity contribution >= 4 is 33.6 Å². The highest BCUT2D eigenvalue weighted by molar-refractivity contribution is 14.1. The smallest absolute Gasteiger partial charge is 0.337 e. The Kier molecular flexibility index (Phi) is 8.14. The summed E-state index contributed by atoms with van der Waals surface area (Å²) in [5.74, 6) is -0.825. The fraction of sp³-hybridized carbons (Fsp3) is 0.242. The SMILES string of the molecule is COc1ccc(Cn2c(=O)c3c(Oc4cccc(C5(C)OCCO5)c4C)cc(=O)n(C)c3n(-c3ccc(I)cc3F)c2=O)cc1. The van der Waals surface area contributed by atoms with Gasteiger partial charge in [0.05, 0.1) is 32.6 Å². The number of benzene rings is 3. The summed E-state index contributed by atoms with van der Waals surface area (Å²) in [5.41, 5.74) is -0.299. The van der Waals surface area contributed by atoms with Crippen LogP contribution in [0.25, 0.3) is 16.7 Å². The van der Waals surface area contributed by atoms with E-state index < -0.39 is 28.4 Å². The van der Waals surface area contributed by atoms with Crippen molar-refractivity contribution < 1.29 is 23.3 Å². The van der Waals surface area contributed by atoms with Gasteiger partial charge in [0.1, 0.15) is 34.1 Å². The van der Waals surface area contributed by atoms with Crippen molar-refractivity contribution in [2.75, 3.05) is 20.3 Å². The molecule has 0 amide bonds. The average Bonchev–Trinajstić information content (AvgIpc) is 3.46. The molecule has 0 spiro atoms. The van der Waals surface area contributed by atoms with E-state index in [1.165, 1.54) is 32.4 Å². The lowest BCUT2D eigenvalue weighted by Crippen LogP contribution is -2.42. The summed E-state index contributed by atoms with van der Waals surface area (Å²) in [7, 11) is 2.96. The van der Waals surface area contributed by atoms with Crippen LogP contribution in [0.2, 0.25) is 0 Å². The second-order valence-electron chi connectivity index (χ2n) is 10.7. The van der Waals surface area contributed by atoms with E-state index in [2.05, 4.69) is 0 Å². The Morgan fingerprint density at radius 2 is 1.69 bits per heavy atom. The second-order valence-corrected chi connectivity index (χ2v) is 12.0. The van der Waals surface area contributed by atoms with Gasteiger partial charge in [0.25, 0.3) is 11.1 Å². The number of hydrogen-bond acceptors (Lipinski definition) is 7. The van der Waals surface area contributed by atoms with Crippen molar-refractivity contribution in [3.63, 3.8) is 0 Å². The van der Waals surface area contributed by atoms with Gasteiger partial charge in [-0.3, -0.25) is 18.7 Å². The Morgan fingerprint density at radius 1 is 0.978 bits per heavy atom. The van der Waals surface area contributed by atoms with Crippen molar-refractivity contribution in [3.05, 3.63) is 124 Å². The molecular formula is C33H29FIN3O7. The first kappa shape index (κ1) is 30.7. The van der Waals surface area contributed by atoms with E-state index in [1.807, 2.05) is 42.5 Å². The molecular weight excluding hydrogens is 696 g/mol. The van der Waals surface area contributed by atoms with Crippen LogP contribution in [0.5, 0.6) is 17.2 Å². The van der Waals surface area contributed by atoms with Crippen LogP contribution >= 0.6 is 22.6 Å². The third-order valence-electron chi connectivity index (χ3n) is 7.95. The van der Waals surface area contributed by atoms with Crippen LogP contribution in [0.15, 0.2) is 81.1 Å². The van der Waals surface area contributed by atoms with E-state index in [0.29, 0.717) is 39.4 Å². The Hall–Kier alpha value is -4.27. The van der Waals surface area contributed by atoms with Crippen LogP contribution in [-0.2, 0) is 28.9 Å². The van der Waals surface area contributed by atoms with E-state index in [0.717, 1.165) is 19.3 Å². The molecule has 2 aromatic heterocycles. The Bertz CT molecular complexity index is 2130. The molecule has 3 heterocycles. The molecule has 232 valence electrons. The third kappa shape index (κ3) is 5.47. The van der Waals surface area contributed by atoms with Crippen LogP contribution in [0.4, 0.5) is 4.39 Å². The summed E-state index contributed by atoms with van der Waals surface area (Å²) in [5, 5.41) is -0.0763. The maximum atomic E-state index is 15.5. The molecule has 0 atom stereocenters. The average molecular weight is 726 g/mol. The number of aryl methyl sites for hydroxylation is 1. The number of halogens is 2. The largest absolute Gasteiger partial charge is 0.497 e. The summed E-state index contributed by atoms with van der Waals surface area (Å²) < 4.78 is 42.6. The molecule has 0 bridgehead atoms. The lowest BCUT2D eigenvalue weighted by atomic mass is 10.0. The molecule has 1 fully saturated rings. The van der Waals surface area contributed by atoms with Gasteiger partial charge < -0.3 is 18.9 Å². The molecule has 1 saturated heterocycles. The van der Waals surface area contributed by atoms with E-state index in [-0.39, 0.29) is 29.0 Å². The number of methoxy groups -OCH3 is 1. The van der Waals surface area contributed by atoms with Gasteiger partial charge in [-0.25, -0.2) is 13.8 Å². The Labute approximate surface area is 270 Å². The molecule has 0 saturated carbocycles.